The first kappa shape index (κ1) is 12.2. The topological polar surface area (TPSA) is 49.7 Å². The number of aliphatic hydroxyl groups is 1. The second kappa shape index (κ2) is 3.91. The summed E-state index contributed by atoms with van der Waals surface area (Å²) < 4.78 is 6.01. The van der Waals surface area contributed by atoms with E-state index in [0.717, 1.165) is 35.3 Å². The highest BCUT2D eigenvalue weighted by molar-refractivity contribution is 5.58. The predicted molar refractivity (Wildman–Crippen MR) is 66.5 cm³/mol. The van der Waals surface area contributed by atoms with Crippen molar-refractivity contribution in [2.75, 3.05) is 0 Å². The van der Waals surface area contributed by atoms with Crippen LogP contribution in [0.1, 0.15) is 42.5 Å². The smallest absolute Gasteiger partial charge is 0.127 e. The number of fused-ring (bicyclic) bond motifs is 1. The lowest BCUT2D eigenvalue weighted by Gasteiger charge is -2.35. The van der Waals surface area contributed by atoms with E-state index in [4.69, 9.17) is 4.74 Å². The van der Waals surface area contributed by atoms with Crippen molar-refractivity contribution in [2.45, 2.75) is 52.7 Å². The van der Waals surface area contributed by atoms with E-state index in [1.54, 1.807) is 0 Å². The van der Waals surface area contributed by atoms with Gasteiger partial charge >= 0.3 is 0 Å². The van der Waals surface area contributed by atoms with Crippen molar-refractivity contribution in [1.82, 2.24) is 0 Å². The summed E-state index contributed by atoms with van der Waals surface area (Å²) in [6.45, 7) is 7.75. The van der Waals surface area contributed by atoms with Crippen molar-refractivity contribution in [3.63, 3.8) is 0 Å². The molecule has 0 fully saturated rings. The molecule has 94 valence electrons. The molecule has 0 amide bonds. The minimum Gasteiger partial charge on any atom is -0.507 e. The Hall–Kier alpha value is -1.22. The Morgan fingerprint density at radius 1 is 1.24 bits per heavy atom. The van der Waals surface area contributed by atoms with Crippen LogP contribution < -0.4 is 4.74 Å². The van der Waals surface area contributed by atoms with E-state index in [9.17, 15) is 10.2 Å². The van der Waals surface area contributed by atoms with Crippen LogP contribution in [0.25, 0.3) is 0 Å². The molecule has 0 aromatic heterocycles. The van der Waals surface area contributed by atoms with Crippen LogP contribution in [-0.2, 0) is 13.0 Å². The molecule has 2 N–H and O–H groups in total. The molecule has 1 aromatic carbocycles. The molecule has 3 nitrogen and oxygen atoms in total. The van der Waals surface area contributed by atoms with Crippen molar-refractivity contribution in [3.8, 4) is 11.5 Å². The lowest BCUT2D eigenvalue weighted by molar-refractivity contribution is 0.0828. The first-order chi connectivity index (χ1) is 7.87. The molecule has 3 heteroatoms. The van der Waals surface area contributed by atoms with Crippen LogP contribution >= 0.6 is 0 Å². The maximum Gasteiger partial charge on any atom is 0.127 e. The van der Waals surface area contributed by atoms with Gasteiger partial charge in [-0.15, -0.1) is 0 Å². The second-order valence-corrected chi connectivity index (χ2v) is 5.40. The zero-order valence-corrected chi connectivity index (χ0v) is 10.9. The summed E-state index contributed by atoms with van der Waals surface area (Å²) in [7, 11) is 0. The van der Waals surface area contributed by atoms with Gasteiger partial charge in [0, 0.05) is 16.7 Å². The standard InChI is InChI=1S/C14H20O3/c1-8-10-5-6-14(3,4)17-13(10)9(2)11(7-15)12(8)16/h15-16H,5-7H2,1-4H3. The van der Waals surface area contributed by atoms with E-state index < -0.39 is 0 Å². The zero-order chi connectivity index (χ0) is 12.8. The number of hydrogen-bond donors (Lipinski definition) is 2. The normalized spacial score (nSPS) is 17.5. The summed E-state index contributed by atoms with van der Waals surface area (Å²) in [5, 5.41) is 19.4. The van der Waals surface area contributed by atoms with Crippen LogP contribution in [0.15, 0.2) is 0 Å². The summed E-state index contributed by atoms with van der Waals surface area (Å²) in [6.07, 6.45) is 1.85. The van der Waals surface area contributed by atoms with Gasteiger partial charge in [0.05, 0.1) is 6.61 Å². The molecule has 0 bridgehead atoms. The van der Waals surface area contributed by atoms with Crippen LogP contribution in [0, 0.1) is 13.8 Å². The van der Waals surface area contributed by atoms with Crippen LogP contribution in [0.5, 0.6) is 11.5 Å². The highest BCUT2D eigenvalue weighted by atomic mass is 16.5. The van der Waals surface area contributed by atoms with E-state index in [1.165, 1.54) is 0 Å². The Morgan fingerprint density at radius 2 is 1.88 bits per heavy atom. The Kier molecular flexibility index (Phi) is 2.82. The van der Waals surface area contributed by atoms with Crippen LogP contribution in [0.3, 0.4) is 0 Å². The molecule has 0 atom stereocenters. The van der Waals surface area contributed by atoms with Crippen molar-refractivity contribution in [1.29, 1.82) is 0 Å². The maximum atomic E-state index is 10.0. The van der Waals surface area contributed by atoms with Crippen LogP contribution in [0.4, 0.5) is 0 Å². The van der Waals surface area contributed by atoms with Crippen molar-refractivity contribution >= 4 is 0 Å². The van der Waals surface area contributed by atoms with Gasteiger partial charge in [-0.25, -0.2) is 0 Å². The van der Waals surface area contributed by atoms with Gasteiger partial charge in [-0.2, -0.15) is 0 Å². The van der Waals surface area contributed by atoms with Gasteiger partial charge in [0.2, 0.25) is 0 Å². The molecule has 0 saturated carbocycles. The van der Waals surface area contributed by atoms with E-state index >= 15 is 0 Å². The number of benzene rings is 1. The number of aliphatic hydroxyl groups excluding tert-OH is 1. The monoisotopic (exact) mass is 236 g/mol. The van der Waals surface area contributed by atoms with E-state index in [-0.39, 0.29) is 18.0 Å². The van der Waals surface area contributed by atoms with Crippen LogP contribution in [0.2, 0.25) is 0 Å². The van der Waals surface area contributed by atoms with Gasteiger partial charge in [-0.1, -0.05) is 0 Å². The number of hydrogen-bond acceptors (Lipinski definition) is 3. The third-order valence-corrected chi connectivity index (χ3v) is 3.67. The molecule has 0 radical (unpaired) electrons. The van der Waals surface area contributed by atoms with Gasteiger partial charge in [0.1, 0.15) is 17.1 Å². The summed E-state index contributed by atoms with van der Waals surface area (Å²) in [5.74, 6) is 1.06. The van der Waals surface area contributed by atoms with Crippen molar-refractivity contribution in [3.05, 3.63) is 22.3 Å². The highest BCUT2D eigenvalue weighted by Gasteiger charge is 2.31. The summed E-state index contributed by atoms with van der Waals surface area (Å²) in [5.41, 5.74) is 3.19. The fourth-order valence-electron chi connectivity index (χ4n) is 2.47. The Bertz CT molecular complexity index is 461. The summed E-state index contributed by atoms with van der Waals surface area (Å²) >= 11 is 0. The second-order valence-electron chi connectivity index (χ2n) is 5.40. The zero-order valence-electron chi connectivity index (χ0n) is 10.9. The van der Waals surface area contributed by atoms with E-state index in [2.05, 4.69) is 13.8 Å². The molecular formula is C14H20O3. The fourth-order valence-corrected chi connectivity index (χ4v) is 2.47. The minimum absolute atomic E-state index is 0.157. The molecule has 1 aromatic rings. The first-order valence-corrected chi connectivity index (χ1v) is 6.01. The number of phenols is 1. The molecule has 1 heterocycles. The molecule has 0 unspecified atom stereocenters. The average Bonchev–Trinajstić information content (AvgIpc) is 2.26. The lowest BCUT2D eigenvalue weighted by Crippen LogP contribution is -2.33. The first-order valence-electron chi connectivity index (χ1n) is 6.01. The predicted octanol–water partition coefficient (Wildman–Crippen LogP) is 2.60. The highest BCUT2D eigenvalue weighted by Crippen LogP contribution is 2.43. The molecule has 0 aliphatic carbocycles. The summed E-state index contributed by atoms with van der Waals surface area (Å²) in [6, 6.07) is 0. The minimum atomic E-state index is -0.173. The fraction of sp³-hybridized carbons (Fsp3) is 0.571. The van der Waals surface area contributed by atoms with Gasteiger partial charge in [0.15, 0.2) is 0 Å². The largest absolute Gasteiger partial charge is 0.507 e. The Labute approximate surface area is 102 Å². The van der Waals surface area contributed by atoms with Crippen molar-refractivity contribution in [2.24, 2.45) is 0 Å². The molecule has 0 spiro atoms. The molecule has 2 rings (SSSR count). The molecular weight excluding hydrogens is 216 g/mol. The molecule has 0 saturated heterocycles. The van der Waals surface area contributed by atoms with Gasteiger partial charge in [-0.3, -0.25) is 0 Å². The third-order valence-electron chi connectivity index (χ3n) is 3.67. The van der Waals surface area contributed by atoms with Gasteiger partial charge < -0.3 is 14.9 Å². The third kappa shape index (κ3) is 1.89. The van der Waals surface area contributed by atoms with E-state index in [0.29, 0.717) is 5.56 Å². The number of rotatable bonds is 1. The van der Waals surface area contributed by atoms with E-state index in [1.807, 2.05) is 13.8 Å². The molecule has 1 aliphatic rings. The average molecular weight is 236 g/mol. The van der Waals surface area contributed by atoms with Gasteiger partial charge in [-0.05, 0) is 46.1 Å². The molecule has 17 heavy (non-hydrogen) atoms. The molecule has 1 aliphatic heterocycles. The summed E-state index contributed by atoms with van der Waals surface area (Å²) in [4.78, 5) is 0. The number of aromatic hydroxyl groups is 1. The number of ether oxygens (including phenoxy) is 1. The maximum absolute atomic E-state index is 10.0. The Morgan fingerprint density at radius 3 is 2.47 bits per heavy atom. The van der Waals surface area contributed by atoms with Gasteiger partial charge in [0.25, 0.3) is 0 Å². The Balaban J connectivity index is 2.65. The van der Waals surface area contributed by atoms with Crippen LogP contribution in [-0.4, -0.2) is 15.8 Å². The quantitative estimate of drug-likeness (QED) is 0.788. The SMILES string of the molecule is Cc1c(O)c(CO)c(C)c2c1CCC(C)(C)O2. The van der Waals surface area contributed by atoms with Crippen molar-refractivity contribution < 1.29 is 14.9 Å². The lowest BCUT2D eigenvalue weighted by atomic mass is 9.88.